The normalized spacial score (nSPS) is 19.5. The molecule has 0 spiro atoms. The maximum atomic E-state index is 13.0. The van der Waals surface area contributed by atoms with Gasteiger partial charge in [0.2, 0.25) is 0 Å². The topological polar surface area (TPSA) is 29.3 Å². The molecule has 0 saturated carbocycles. The van der Waals surface area contributed by atoms with Crippen LogP contribution in [-0.2, 0) is 0 Å². The predicted molar refractivity (Wildman–Crippen MR) is 77.4 cm³/mol. The molecule has 0 amide bonds. The summed E-state index contributed by atoms with van der Waals surface area (Å²) in [5.41, 5.74) is 7.07. The summed E-state index contributed by atoms with van der Waals surface area (Å²) in [4.78, 5) is 2.46. The highest BCUT2D eigenvalue weighted by Gasteiger charge is 2.24. The largest absolute Gasteiger partial charge is 0.329 e. The minimum atomic E-state index is -0.179. The van der Waals surface area contributed by atoms with Gasteiger partial charge < -0.3 is 5.73 Å². The van der Waals surface area contributed by atoms with Crippen LogP contribution < -0.4 is 5.73 Å². The third-order valence-corrected chi connectivity index (χ3v) is 4.26. The molecule has 0 aliphatic carbocycles. The zero-order valence-electron chi connectivity index (χ0n) is 11.8. The van der Waals surface area contributed by atoms with E-state index in [1.807, 2.05) is 12.1 Å². The second-order valence-corrected chi connectivity index (χ2v) is 5.57. The molecule has 2 rings (SSSR count). The number of hydrogen-bond acceptors (Lipinski definition) is 2. The highest BCUT2D eigenvalue weighted by Crippen LogP contribution is 2.28. The van der Waals surface area contributed by atoms with Gasteiger partial charge >= 0.3 is 0 Å². The van der Waals surface area contributed by atoms with Gasteiger partial charge in [0.15, 0.2) is 0 Å². The summed E-state index contributed by atoms with van der Waals surface area (Å²) in [6.07, 6.45) is 5.16. The molecule has 1 aromatic rings. The van der Waals surface area contributed by atoms with Crippen LogP contribution in [0.4, 0.5) is 4.39 Å². The standard InChI is InChI=1S/C16H25FN2/c1-2-3-13-8-10-19(11-9-13)16(12-18)14-4-6-15(17)7-5-14/h4-7,13,16H,2-3,8-12,18H2,1H3. The Morgan fingerprint density at radius 2 is 1.89 bits per heavy atom. The van der Waals surface area contributed by atoms with Crippen molar-refractivity contribution in [1.82, 2.24) is 4.90 Å². The van der Waals surface area contributed by atoms with Crippen molar-refractivity contribution >= 4 is 0 Å². The van der Waals surface area contributed by atoms with Gasteiger partial charge in [-0.1, -0.05) is 31.9 Å². The van der Waals surface area contributed by atoms with Crippen LogP contribution in [0.25, 0.3) is 0 Å². The van der Waals surface area contributed by atoms with Crippen molar-refractivity contribution in [3.63, 3.8) is 0 Å². The minimum Gasteiger partial charge on any atom is -0.329 e. The molecule has 19 heavy (non-hydrogen) atoms. The van der Waals surface area contributed by atoms with Crippen LogP contribution in [0.1, 0.15) is 44.2 Å². The Kier molecular flexibility index (Phi) is 5.34. The lowest BCUT2D eigenvalue weighted by Crippen LogP contribution is -2.39. The van der Waals surface area contributed by atoms with Crippen LogP contribution in [0.2, 0.25) is 0 Å². The van der Waals surface area contributed by atoms with Crippen molar-refractivity contribution in [1.29, 1.82) is 0 Å². The monoisotopic (exact) mass is 264 g/mol. The lowest BCUT2D eigenvalue weighted by molar-refractivity contribution is 0.131. The number of likely N-dealkylation sites (tertiary alicyclic amines) is 1. The van der Waals surface area contributed by atoms with E-state index in [2.05, 4.69) is 11.8 Å². The Bertz CT molecular complexity index is 369. The highest BCUT2D eigenvalue weighted by atomic mass is 19.1. The van der Waals surface area contributed by atoms with E-state index in [9.17, 15) is 4.39 Å². The van der Waals surface area contributed by atoms with Crippen LogP contribution in [-0.4, -0.2) is 24.5 Å². The smallest absolute Gasteiger partial charge is 0.123 e. The lowest BCUT2D eigenvalue weighted by atomic mass is 9.91. The van der Waals surface area contributed by atoms with Gasteiger partial charge in [-0.3, -0.25) is 4.90 Å². The lowest BCUT2D eigenvalue weighted by Gasteiger charge is -2.37. The Balaban J connectivity index is 1.97. The molecule has 1 unspecified atom stereocenters. The Labute approximate surface area is 115 Å². The quantitative estimate of drug-likeness (QED) is 0.884. The van der Waals surface area contributed by atoms with Crippen LogP contribution in [0, 0.1) is 11.7 Å². The maximum absolute atomic E-state index is 13.0. The molecule has 2 nitrogen and oxygen atoms in total. The summed E-state index contributed by atoms with van der Waals surface area (Å²) in [5.74, 6) is 0.703. The number of benzene rings is 1. The molecule has 0 bridgehead atoms. The van der Waals surface area contributed by atoms with E-state index in [0.29, 0.717) is 6.54 Å². The molecule has 1 saturated heterocycles. The van der Waals surface area contributed by atoms with Crippen molar-refractivity contribution in [2.45, 2.75) is 38.6 Å². The fourth-order valence-corrected chi connectivity index (χ4v) is 3.14. The summed E-state index contributed by atoms with van der Waals surface area (Å²) in [7, 11) is 0. The molecule has 106 valence electrons. The van der Waals surface area contributed by atoms with Crippen LogP contribution in [0.3, 0.4) is 0 Å². The SMILES string of the molecule is CCCC1CCN(C(CN)c2ccc(F)cc2)CC1. The van der Waals surface area contributed by atoms with Gasteiger partial charge in [-0.2, -0.15) is 0 Å². The fourth-order valence-electron chi connectivity index (χ4n) is 3.14. The van der Waals surface area contributed by atoms with Gasteiger partial charge in [0.25, 0.3) is 0 Å². The molecular weight excluding hydrogens is 239 g/mol. The van der Waals surface area contributed by atoms with E-state index in [-0.39, 0.29) is 11.9 Å². The second-order valence-electron chi connectivity index (χ2n) is 5.57. The fraction of sp³-hybridized carbons (Fsp3) is 0.625. The summed E-state index contributed by atoms with van der Waals surface area (Å²) in [6, 6.07) is 7.03. The first-order chi connectivity index (χ1) is 9.24. The third kappa shape index (κ3) is 3.77. The molecule has 0 radical (unpaired) electrons. The predicted octanol–water partition coefficient (Wildman–Crippen LogP) is 3.34. The third-order valence-electron chi connectivity index (χ3n) is 4.26. The van der Waals surface area contributed by atoms with Crippen molar-refractivity contribution < 1.29 is 4.39 Å². The Morgan fingerprint density at radius 3 is 2.42 bits per heavy atom. The first-order valence-corrected chi connectivity index (χ1v) is 7.44. The van der Waals surface area contributed by atoms with Crippen molar-refractivity contribution in [2.24, 2.45) is 11.7 Å². The molecule has 1 aliphatic rings. The van der Waals surface area contributed by atoms with E-state index in [4.69, 9.17) is 5.73 Å². The zero-order chi connectivity index (χ0) is 13.7. The number of piperidine rings is 1. The number of nitrogens with zero attached hydrogens (tertiary/aromatic N) is 1. The van der Waals surface area contributed by atoms with Gasteiger partial charge in [0, 0.05) is 12.6 Å². The number of hydrogen-bond donors (Lipinski definition) is 1. The Morgan fingerprint density at radius 1 is 1.26 bits per heavy atom. The highest BCUT2D eigenvalue weighted by molar-refractivity contribution is 5.20. The molecule has 1 atom stereocenters. The molecule has 1 aromatic carbocycles. The number of rotatable bonds is 5. The first-order valence-electron chi connectivity index (χ1n) is 7.44. The first kappa shape index (κ1) is 14.5. The van der Waals surface area contributed by atoms with Crippen LogP contribution in [0.5, 0.6) is 0 Å². The molecule has 1 fully saturated rings. The van der Waals surface area contributed by atoms with Gasteiger partial charge in [0.1, 0.15) is 5.82 Å². The average Bonchev–Trinajstić information content (AvgIpc) is 2.44. The van der Waals surface area contributed by atoms with E-state index in [1.165, 1.54) is 37.8 Å². The average molecular weight is 264 g/mol. The summed E-state index contributed by atoms with van der Waals surface area (Å²) in [6.45, 7) is 5.09. The van der Waals surface area contributed by atoms with Crippen molar-refractivity contribution in [2.75, 3.05) is 19.6 Å². The molecular formula is C16H25FN2. The van der Waals surface area contributed by atoms with Crippen molar-refractivity contribution in [3.05, 3.63) is 35.6 Å². The van der Waals surface area contributed by atoms with Gasteiger partial charge in [-0.15, -0.1) is 0 Å². The number of halogens is 1. The van der Waals surface area contributed by atoms with Gasteiger partial charge in [-0.05, 0) is 49.5 Å². The van der Waals surface area contributed by atoms with E-state index >= 15 is 0 Å². The summed E-state index contributed by atoms with van der Waals surface area (Å²) in [5, 5.41) is 0. The maximum Gasteiger partial charge on any atom is 0.123 e. The minimum absolute atomic E-state index is 0.179. The van der Waals surface area contributed by atoms with Gasteiger partial charge in [-0.25, -0.2) is 4.39 Å². The summed E-state index contributed by atoms with van der Waals surface area (Å²) < 4.78 is 13.0. The second kappa shape index (κ2) is 7.01. The molecule has 3 heteroatoms. The zero-order valence-corrected chi connectivity index (χ0v) is 11.8. The molecule has 1 aliphatic heterocycles. The van der Waals surface area contributed by atoms with E-state index in [1.54, 1.807) is 0 Å². The van der Waals surface area contributed by atoms with E-state index < -0.39 is 0 Å². The van der Waals surface area contributed by atoms with Crippen molar-refractivity contribution in [3.8, 4) is 0 Å². The Hall–Kier alpha value is -0.930. The summed E-state index contributed by atoms with van der Waals surface area (Å²) >= 11 is 0. The molecule has 0 aromatic heterocycles. The molecule has 1 heterocycles. The van der Waals surface area contributed by atoms with Crippen LogP contribution >= 0.6 is 0 Å². The van der Waals surface area contributed by atoms with Crippen LogP contribution in [0.15, 0.2) is 24.3 Å². The van der Waals surface area contributed by atoms with E-state index in [0.717, 1.165) is 24.6 Å². The molecule has 2 N–H and O–H groups in total. The number of nitrogens with two attached hydrogens (primary N) is 1. The van der Waals surface area contributed by atoms with Gasteiger partial charge in [0.05, 0.1) is 0 Å².